The Labute approximate surface area is 112 Å². The molecule has 1 aromatic rings. The lowest BCUT2D eigenvalue weighted by atomic mass is 10.00. The number of piperidine rings is 1. The predicted molar refractivity (Wildman–Crippen MR) is 72.2 cm³/mol. The number of nitrogens with zero attached hydrogens (tertiary/aromatic N) is 2. The minimum Gasteiger partial charge on any atom is -0.336 e. The highest BCUT2D eigenvalue weighted by molar-refractivity contribution is 5.96. The molecule has 1 saturated heterocycles. The van der Waals surface area contributed by atoms with Crippen molar-refractivity contribution < 1.29 is 9.72 Å². The monoisotopic (exact) mass is 262 g/mol. The number of likely N-dealkylation sites (tertiary alicyclic amines) is 1. The van der Waals surface area contributed by atoms with Gasteiger partial charge in [-0.3, -0.25) is 14.9 Å². The summed E-state index contributed by atoms with van der Waals surface area (Å²) >= 11 is 0. The fourth-order valence-corrected chi connectivity index (χ4v) is 2.61. The van der Waals surface area contributed by atoms with Gasteiger partial charge in [0, 0.05) is 29.8 Å². The number of hydrogen-bond donors (Lipinski definition) is 0. The second-order valence-corrected chi connectivity index (χ2v) is 5.05. The summed E-state index contributed by atoms with van der Waals surface area (Å²) < 4.78 is 0. The summed E-state index contributed by atoms with van der Waals surface area (Å²) in [6, 6.07) is 4.89. The summed E-state index contributed by atoms with van der Waals surface area (Å²) in [6.45, 7) is 4.41. The van der Waals surface area contributed by atoms with E-state index < -0.39 is 4.92 Å². The average molecular weight is 262 g/mol. The van der Waals surface area contributed by atoms with Crippen molar-refractivity contribution in [3.8, 4) is 0 Å². The molecule has 0 bridgehead atoms. The Morgan fingerprint density at radius 2 is 2.16 bits per heavy atom. The highest BCUT2D eigenvalue weighted by Gasteiger charge is 2.27. The summed E-state index contributed by atoms with van der Waals surface area (Å²) in [5.41, 5.74) is 0.911. The van der Waals surface area contributed by atoms with Crippen molar-refractivity contribution in [1.82, 2.24) is 4.90 Å². The highest BCUT2D eigenvalue weighted by Crippen LogP contribution is 2.25. The number of rotatable bonds is 2. The van der Waals surface area contributed by atoms with Crippen LogP contribution in [-0.4, -0.2) is 28.3 Å². The smallest absolute Gasteiger partial charge is 0.273 e. The first-order valence-electron chi connectivity index (χ1n) is 6.57. The first-order chi connectivity index (χ1) is 9.02. The number of amides is 1. The molecule has 1 aliphatic rings. The molecule has 1 fully saturated rings. The third-order valence-electron chi connectivity index (χ3n) is 3.80. The summed E-state index contributed by atoms with van der Waals surface area (Å²) in [7, 11) is 0. The van der Waals surface area contributed by atoms with Crippen molar-refractivity contribution in [3.05, 3.63) is 39.4 Å². The Kier molecular flexibility index (Phi) is 3.83. The van der Waals surface area contributed by atoms with Crippen LogP contribution in [0.25, 0.3) is 0 Å². The third-order valence-corrected chi connectivity index (χ3v) is 3.80. The van der Waals surface area contributed by atoms with E-state index in [9.17, 15) is 14.9 Å². The summed E-state index contributed by atoms with van der Waals surface area (Å²) in [5.74, 6) is -0.0894. The molecule has 0 unspecified atom stereocenters. The molecule has 0 saturated carbocycles. The van der Waals surface area contributed by atoms with Crippen LogP contribution < -0.4 is 0 Å². The summed E-state index contributed by atoms with van der Waals surface area (Å²) in [6.07, 6.45) is 3.14. The van der Waals surface area contributed by atoms with Crippen LogP contribution in [0.1, 0.15) is 42.1 Å². The number of nitro groups is 1. The Morgan fingerprint density at radius 3 is 2.79 bits per heavy atom. The second-order valence-electron chi connectivity index (χ2n) is 5.05. The lowest BCUT2D eigenvalue weighted by Crippen LogP contribution is -2.42. The van der Waals surface area contributed by atoms with Gasteiger partial charge in [0.1, 0.15) is 0 Å². The van der Waals surface area contributed by atoms with Crippen LogP contribution in [0.5, 0.6) is 0 Å². The molecular weight excluding hydrogens is 244 g/mol. The van der Waals surface area contributed by atoms with Crippen LogP contribution in [0, 0.1) is 17.0 Å². The maximum Gasteiger partial charge on any atom is 0.273 e. The fourth-order valence-electron chi connectivity index (χ4n) is 2.61. The van der Waals surface area contributed by atoms with Crippen LogP contribution >= 0.6 is 0 Å². The molecule has 102 valence electrons. The first kappa shape index (κ1) is 13.5. The third kappa shape index (κ3) is 2.59. The van der Waals surface area contributed by atoms with E-state index in [0.717, 1.165) is 25.8 Å². The zero-order valence-corrected chi connectivity index (χ0v) is 11.3. The van der Waals surface area contributed by atoms with E-state index in [4.69, 9.17) is 0 Å². The van der Waals surface area contributed by atoms with Crippen molar-refractivity contribution >= 4 is 11.6 Å². The maximum atomic E-state index is 12.5. The summed E-state index contributed by atoms with van der Waals surface area (Å²) in [5, 5.41) is 10.9. The zero-order chi connectivity index (χ0) is 14.0. The van der Waals surface area contributed by atoms with E-state index in [0.29, 0.717) is 11.1 Å². The van der Waals surface area contributed by atoms with E-state index in [2.05, 4.69) is 0 Å². The van der Waals surface area contributed by atoms with Gasteiger partial charge >= 0.3 is 0 Å². The lowest BCUT2D eigenvalue weighted by molar-refractivity contribution is -0.385. The molecule has 1 amide bonds. The van der Waals surface area contributed by atoms with Gasteiger partial charge in [0.25, 0.3) is 11.6 Å². The van der Waals surface area contributed by atoms with E-state index in [1.54, 1.807) is 19.1 Å². The van der Waals surface area contributed by atoms with Crippen molar-refractivity contribution in [2.24, 2.45) is 0 Å². The second kappa shape index (κ2) is 5.38. The molecule has 0 N–H and O–H groups in total. The molecule has 1 aromatic carbocycles. The van der Waals surface area contributed by atoms with Crippen LogP contribution in [0.2, 0.25) is 0 Å². The van der Waals surface area contributed by atoms with E-state index in [-0.39, 0.29) is 17.6 Å². The van der Waals surface area contributed by atoms with E-state index in [1.807, 2.05) is 11.8 Å². The molecule has 19 heavy (non-hydrogen) atoms. The Bertz CT molecular complexity index is 513. The molecule has 1 atom stereocenters. The molecule has 5 nitrogen and oxygen atoms in total. The number of hydrogen-bond acceptors (Lipinski definition) is 3. The minimum absolute atomic E-state index is 0.00973. The minimum atomic E-state index is -0.439. The molecular formula is C14H18N2O3. The predicted octanol–water partition coefficient (Wildman–Crippen LogP) is 2.92. The highest BCUT2D eigenvalue weighted by atomic mass is 16.6. The fraction of sp³-hybridized carbons (Fsp3) is 0.500. The van der Waals surface area contributed by atoms with Gasteiger partial charge in [-0.1, -0.05) is 6.07 Å². The molecule has 0 radical (unpaired) electrons. The van der Waals surface area contributed by atoms with Gasteiger partial charge in [-0.15, -0.1) is 0 Å². The molecule has 2 rings (SSSR count). The van der Waals surface area contributed by atoms with Crippen LogP contribution in [0.15, 0.2) is 18.2 Å². The summed E-state index contributed by atoms with van der Waals surface area (Å²) in [4.78, 5) is 24.8. The Hall–Kier alpha value is -1.91. The molecule has 0 aliphatic carbocycles. The molecule has 0 aromatic heterocycles. The topological polar surface area (TPSA) is 63.5 Å². The number of nitro benzene ring substituents is 1. The number of carbonyl (C=O) groups is 1. The van der Waals surface area contributed by atoms with Gasteiger partial charge in [-0.2, -0.15) is 0 Å². The van der Waals surface area contributed by atoms with Gasteiger partial charge in [-0.05, 0) is 39.2 Å². The van der Waals surface area contributed by atoms with Crippen LogP contribution in [0.3, 0.4) is 0 Å². The van der Waals surface area contributed by atoms with Gasteiger partial charge < -0.3 is 4.90 Å². The van der Waals surface area contributed by atoms with Gasteiger partial charge in [0.2, 0.25) is 0 Å². The lowest BCUT2D eigenvalue weighted by Gasteiger charge is -2.33. The largest absolute Gasteiger partial charge is 0.336 e. The van der Waals surface area contributed by atoms with Crippen LogP contribution in [0.4, 0.5) is 5.69 Å². The molecule has 5 heteroatoms. The molecule has 0 spiro atoms. The van der Waals surface area contributed by atoms with Crippen molar-refractivity contribution in [1.29, 1.82) is 0 Å². The van der Waals surface area contributed by atoms with Crippen molar-refractivity contribution in [3.63, 3.8) is 0 Å². The quantitative estimate of drug-likeness (QED) is 0.608. The van der Waals surface area contributed by atoms with Crippen molar-refractivity contribution in [2.45, 2.75) is 39.2 Å². The molecule has 1 heterocycles. The van der Waals surface area contributed by atoms with Gasteiger partial charge in [-0.25, -0.2) is 0 Å². The normalized spacial score (nSPS) is 19.3. The zero-order valence-electron chi connectivity index (χ0n) is 11.3. The van der Waals surface area contributed by atoms with Crippen molar-refractivity contribution in [2.75, 3.05) is 6.54 Å². The van der Waals surface area contributed by atoms with Crippen LogP contribution in [-0.2, 0) is 0 Å². The Balaban J connectivity index is 2.33. The van der Waals surface area contributed by atoms with Gasteiger partial charge in [0.05, 0.1) is 4.92 Å². The molecule has 1 aliphatic heterocycles. The maximum absolute atomic E-state index is 12.5. The van der Waals surface area contributed by atoms with Gasteiger partial charge in [0.15, 0.2) is 0 Å². The number of carbonyl (C=O) groups excluding carboxylic acids is 1. The van der Waals surface area contributed by atoms with E-state index in [1.165, 1.54) is 6.07 Å². The standard InChI is InChI=1S/C14H18N2O3/c1-10-6-3-4-9-15(10)14(17)12-7-5-8-13(11(12)2)16(18)19/h5,7-8,10H,3-4,6,9H2,1-2H3/t10-/m1/s1. The first-order valence-corrected chi connectivity index (χ1v) is 6.57. The SMILES string of the molecule is Cc1c(C(=O)N2CCCC[C@H]2C)cccc1[N+](=O)[O-]. The number of benzene rings is 1. The Morgan fingerprint density at radius 1 is 1.42 bits per heavy atom. The average Bonchev–Trinajstić information content (AvgIpc) is 2.38. The van der Waals surface area contributed by atoms with E-state index >= 15 is 0 Å².